The van der Waals surface area contributed by atoms with E-state index in [1.165, 1.54) is 0 Å². The third-order valence-corrected chi connectivity index (χ3v) is 6.32. The van der Waals surface area contributed by atoms with E-state index in [0.29, 0.717) is 32.0 Å². The Morgan fingerprint density at radius 1 is 0.943 bits per heavy atom. The molecule has 2 aromatic carbocycles. The monoisotopic (exact) mass is 490 g/mol. The third kappa shape index (κ3) is 7.47. The molecule has 1 aliphatic heterocycles. The Morgan fingerprint density at radius 3 is 2.31 bits per heavy atom. The standard InChI is InChI=1S/C29H30O5S/c1-2-32-29(30)25(18-24-14-9-17-35-24)26-15-16-27(33-20-23-12-7-4-8-13-23)28(34-26)21-31-19-22-10-5-3-6-11-22/h3-18,26-28H,2,19-21H2,1H3/b25-18-/t26-,27+,28-/m1/s1. The van der Waals surface area contributed by atoms with Crippen molar-refractivity contribution < 1.29 is 23.7 Å². The highest BCUT2D eigenvalue weighted by Crippen LogP contribution is 2.26. The number of rotatable bonds is 11. The maximum Gasteiger partial charge on any atom is 0.337 e. The summed E-state index contributed by atoms with van der Waals surface area (Å²) in [7, 11) is 0. The molecule has 0 N–H and O–H groups in total. The van der Waals surface area contributed by atoms with Gasteiger partial charge in [0.05, 0.1) is 32.0 Å². The summed E-state index contributed by atoms with van der Waals surface area (Å²) in [4.78, 5) is 13.8. The molecule has 4 rings (SSSR count). The van der Waals surface area contributed by atoms with E-state index in [-0.39, 0.29) is 12.1 Å². The summed E-state index contributed by atoms with van der Waals surface area (Å²) < 4.78 is 23.9. The Kier molecular flexibility index (Phi) is 9.43. The number of hydrogen-bond acceptors (Lipinski definition) is 6. The van der Waals surface area contributed by atoms with Crippen molar-refractivity contribution in [1.82, 2.24) is 0 Å². The Labute approximate surface area is 210 Å². The van der Waals surface area contributed by atoms with Crippen LogP contribution in [0.1, 0.15) is 22.9 Å². The van der Waals surface area contributed by atoms with Gasteiger partial charge in [0.15, 0.2) is 0 Å². The van der Waals surface area contributed by atoms with Crippen LogP contribution >= 0.6 is 11.3 Å². The molecule has 35 heavy (non-hydrogen) atoms. The molecule has 0 aliphatic carbocycles. The lowest BCUT2D eigenvalue weighted by Gasteiger charge is -2.33. The van der Waals surface area contributed by atoms with Gasteiger partial charge in [0.25, 0.3) is 0 Å². The first kappa shape index (κ1) is 25.1. The second-order valence-corrected chi connectivity index (χ2v) is 9.06. The number of carbonyl (C=O) groups excluding carboxylic acids is 1. The van der Waals surface area contributed by atoms with Gasteiger partial charge in [0.2, 0.25) is 0 Å². The molecule has 2 heterocycles. The van der Waals surface area contributed by atoms with Crippen molar-refractivity contribution in [1.29, 1.82) is 0 Å². The molecule has 3 atom stereocenters. The van der Waals surface area contributed by atoms with Crippen LogP contribution in [0.25, 0.3) is 6.08 Å². The van der Waals surface area contributed by atoms with Crippen molar-refractivity contribution in [2.75, 3.05) is 13.2 Å². The van der Waals surface area contributed by atoms with Crippen molar-refractivity contribution >= 4 is 23.4 Å². The van der Waals surface area contributed by atoms with E-state index in [1.54, 1.807) is 18.3 Å². The fourth-order valence-corrected chi connectivity index (χ4v) is 4.42. The van der Waals surface area contributed by atoms with Crippen LogP contribution in [0.2, 0.25) is 0 Å². The summed E-state index contributed by atoms with van der Waals surface area (Å²) in [6, 6.07) is 23.9. The van der Waals surface area contributed by atoms with Crippen LogP contribution in [-0.4, -0.2) is 37.5 Å². The molecular weight excluding hydrogens is 460 g/mol. The molecule has 0 spiro atoms. The Bertz CT molecular complexity index is 1090. The summed E-state index contributed by atoms with van der Waals surface area (Å²) >= 11 is 1.56. The van der Waals surface area contributed by atoms with Gasteiger partial charge < -0.3 is 18.9 Å². The van der Waals surface area contributed by atoms with Crippen molar-refractivity contribution in [2.24, 2.45) is 0 Å². The molecule has 0 unspecified atom stereocenters. The minimum Gasteiger partial charge on any atom is -0.463 e. The average molecular weight is 491 g/mol. The highest BCUT2D eigenvalue weighted by molar-refractivity contribution is 7.10. The van der Waals surface area contributed by atoms with Crippen molar-refractivity contribution in [3.8, 4) is 0 Å². The second-order valence-electron chi connectivity index (χ2n) is 8.08. The van der Waals surface area contributed by atoms with E-state index in [2.05, 4.69) is 0 Å². The molecule has 0 radical (unpaired) electrons. The van der Waals surface area contributed by atoms with E-state index in [4.69, 9.17) is 18.9 Å². The predicted molar refractivity (Wildman–Crippen MR) is 138 cm³/mol. The zero-order valence-corrected chi connectivity index (χ0v) is 20.6. The lowest BCUT2D eigenvalue weighted by Crippen LogP contribution is -2.41. The largest absolute Gasteiger partial charge is 0.463 e. The lowest BCUT2D eigenvalue weighted by atomic mass is 10.0. The summed E-state index contributed by atoms with van der Waals surface area (Å²) in [5, 5.41) is 1.97. The summed E-state index contributed by atoms with van der Waals surface area (Å²) in [5.74, 6) is -0.386. The number of hydrogen-bond donors (Lipinski definition) is 0. The maximum absolute atomic E-state index is 12.8. The smallest absolute Gasteiger partial charge is 0.337 e. The van der Waals surface area contributed by atoms with Crippen molar-refractivity contribution in [3.63, 3.8) is 0 Å². The Balaban J connectivity index is 1.50. The van der Waals surface area contributed by atoms with Gasteiger partial charge in [-0.15, -0.1) is 11.3 Å². The Morgan fingerprint density at radius 2 is 1.66 bits per heavy atom. The first-order valence-corrected chi connectivity index (χ1v) is 12.6. The van der Waals surface area contributed by atoms with Gasteiger partial charge in [-0.05, 0) is 35.6 Å². The molecule has 0 bridgehead atoms. The van der Waals surface area contributed by atoms with Crippen molar-refractivity contribution in [3.05, 3.63) is 112 Å². The average Bonchev–Trinajstić information content (AvgIpc) is 3.41. The van der Waals surface area contributed by atoms with Crippen molar-refractivity contribution in [2.45, 2.75) is 38.4 Å². The van der Waals surface area contributed by atoms with Crippen LogP contribution in [0.15, 0.2) is 95.9 Å². The molecular formula is C29H30O5S. The fourth-order valence-electron chi connectivity index (χ4n) is 3.75. The summed E-state index contributed by atoms with van der Waals surface area (Å²) in [6.07, 6.45) is 4.42. The van der Waals surface area contributed by atoms with Gasteiger partial charge in [-0.25, -0.2) is 4.79 Å². The molecule has 0 saturated heterocycles. The van der Waals surface area contributed by atoms with Crippen LogP contribution in [-0.2, 0) is 37.0 Å². The molecule has 0 saturated carbocycles. The Hall–Kier alpha value is -3.03. The number of esters is 1. The van der Waals surface area contributed by atoms with Gasteiger partial charge in [-0.2, -0.15) is 0 Å². The highest BCUT2D eigenvalue weighted by atomic mass is 32.1. The maximum atomic E-state index is 12.8. The van der Waals surface area contributed by atoms with Gasteiger partial charge in [0.1, 0.15) is 18.3 Å². The van der Waals surface area contributed by atoms with Crippen LogP contribution < -0.4 is 0 Å². The van der Waals surface area contributed by atoms with E-state index in [1.807, 2.05) is 96.4 Å². The van der Waals surface area contributed by atoms with Gasteiger partial charge >= 0.3 is 5.97 Å². The number of carbonyl (C=O) groups is 1. The first-order valence-electron chi connectivity index (χ1n) is 11.8. The van der Waals surface area contributed by atoms with Crippen LogP contribution in [0.5, 0.6) is 0 Å². The van der Waals surface area contributed by atoms with Crippen LogP contribution in [0.3, 0.4) is 0 Å². The lowest BCUT2D eigenvalue weighted by molar-refractivity contribution is -0.143. The molecule has 5 nitrogen and oxygen atoms in total. The first-order chi connectivity index (χ1) is 17.2. The quantitative estimate of drug-likeness (QED) is 0.193. The SMILES string of the molecule is CCOC(=O)/C(=C\c1cccs1)[C@H]1C=C[C@H](OCc2ccccc2)[C@@H](COCc2ccccc2)O1. The van der Waals surface area contributed by atoms with Gasteiger partial charge in [0, 0.05) is 4.88 Å². The zero-order chi connectivity index (χ0) is 24.3. The minimum atomic E-state index is -0.557. The summed E-state index contributed by atoms with van der Waals surface area (Å²) in [6.45, 7) is 3.34. The van der Waals surface area contributed by atoms with E-state index >= 15 is 0 Å². The topological polar surface area (TPSA) is 54.0 Å². The van der Waals surface area contributed by atoms with Crippen LogP contribution in [0, 0.1) is 0 Å². The molecule has 6 heteroatoms. The number of ether oxygens (including phenoxy) is 4. The highest BCUT2D eigenvalue weighted by Gasteiger charge is 2.32. The number of thiophene rings is 1. The third-order valence-electron chi connectivity index (χ3n) is 5.50. The molecule has 3 aromatic rings. The molecule has 0 fully saturated rings. The summed E-state index contributed by atoms with van der Waals surface area (Å²) in [5.41, 5.74) is 2.62. The second kappa shape index (κ2) is 13.2. The molecule has 1 aromatic heterocycles. The van der Waals surface area contributed by atoms with E-state index in [0.717, 1.165) is 16.0 Å². The normalized spacial score (nSPS) is 20.0. The number of benzene rings is 2. The minimum absolute atomic E-state index is 0.295. The zero-order valence-electron chi connectivity index (χ0n) is 19.7. The predicted octanol–water partition coefficient (Wildman–Crippen LogP) is 5.82. The fraction of sp³-hybridized carbons (Fsp3) is 0.276. The van der Waals surface area contributed by atoms with Crippen LogP contribution in [0.4, 0.5) is 0 Å². The van der Waals surface area contributed by atoms with Gasteiger partial charge in [-0.1, -0.05) is 78.9 Å². The molecule has 182 valence electrons. The van der Waals surface area contributed by atoms with E-state index in [9.17, 15) is 4.79 Å². The van der Waals surface area contributed by atoms with E-state index < -0.39 is 12.2 Å². The molecule has 0 amide bonds. The molecule has 1 aliphatic rings. The van der Waals surface area contributed by atoms with Gasteiger partial charge in [-0.3, -0.25) is 0 Å².